The highest BCUT2D eigenvalue weighted by Crippen LogP contribution is 2.38. The lowest BCUT2D eigenvalue weighted by atomic mass is 9.84. The second-order valence-electron chi connectivity index (χ2n) is 13.0. The fourth-order valence-electron chi connectivity index (χ4n) is 5.85. The van der Waals surface area contributed by atoms with E-state index in [1.165, 1.54) is 0 Å². The SMILES string of the molecule is CN(C)CCN(C)c1ccc(C(=O)Nc2n[nH]c3c2CN(S(=O)(=O)c2cc(F)cc(F)c2)CC3(C)C)c(NC(=O)C2CCOCC2)c1. The number of nitrogens with zero attached hydrogens (tertiary/aromatic N) is 4. The van der Waals surface area contributed by atoms with Crippen molar-refractivity contribution in [2.75, 3.05) is 69.5 Å². The number of ether oxygens (including phenoxy) is 1. The van der Waals surface area contributed by atoms with Crippen molar-refractivity contribution in [2.45, 2.75) is 43.5 Å². The number of hydrogen-bond acceptors (Lipinski definition) is 8. The van der Waals surface area contributed by atoms with Crippen LogP contribution in [0.3, 0.4) is 0 Å². The van der Waals surface area contributed by atoms with E-state index in [1.54, 1.807) is 32.0 Å². The number of anilines is 3. The van der Waals surface area contributed by atoms with Crippen LogP contribution in [0.25, 0.3) is 0 Å². The fraction of sp³-hybridized carbons (Fsp3) is 0.469. The first kappa shape index (κ1) is 34.4. The summed E-state index contributed by atoms with van der Waals surface area (Å²) in [6.07, 6.45) is 1.15. The monoisotopic (exact) mass is 673 g/mol. The van der Waals surface area contributed by atoms with Crippen LogP contribution < -0.4 is 15.5 Å². The number of H-pyrrole nitrogens is 1. The number of hydrogen-bond donors (Lipinski definition) is 3. The molecule has 1 fully saturated rings. The van der Waals surface area contributed by atoms with E-state index in [2.05, 4.69) is 25.7 Å². The summed E-state index contributed by atoms with van der Waals surface area (Å²) in [5.41, 5.74) is 1.58. The van der Waals surface area contributed by atoms with Gasteiger partial charge in [-0.15, -0.1) is 0 Å². The quantitative estimate of drug-likeness (QED) is 0.296. The zero-order valence-electron chi connectivity index (χ0n) is 27.2. The Morgan fingerprint density at radius 1 is 1.04 bits per heavy atom. The zero-order chi connectivity index (χ0) is 34.1. The average Bonchev–Trinajstić information content (AvgIpc) is 3.42. The van der Waals surface area contributed by atoms with Crippen molar-refractivity contribution in [3.8, 4) is 0 Å². The van der Waals surface area contributed by atoms with E-state index in [0.717, 1.165) is 28.7 Å². The summed E-state index contributed by atoms with van der Waals surface area (Å²) >= 11 is 0. The molecule has 0 saturated carbocycles. The fourth-order valence-corrected chi connectivity index (χ4v) is 7.46. The zero-order valence-corrected chi connectivity index (χ0v) is 28.0. The molecule has 3 N–H and O–H groups in total. The van der Waals surface area contributed by atoms with Gasteiger partial charge in [0.25, 0.3) is 5.91 Å². The molecule has 5 rings (SSSR count). The van der Waals surface area contributed by atoms with E-state index in [1.807, 2.05) is 26.0 Å². The van der Waals surface area contributed by atoms with Crippen LogP contribution in [0.15, 0.2) is 41.3 Å². The Labute approximate surface area is 273 Å². The van der Waals surface area contributed by atoms with Crippen LogP contribution in [0.5, 0.6) is 0 Å². The number of rotatable bonds is 10. The third kappa shape index (κ3) is 7.64. The Hall–Kier alpha value is -3.92. The third-order valence-electron chi connectivity index (χ3n) is 8.58. The van der Waals surface area contributed by atoms with E-state index in [4.69, 9.17) is 4.74 Å². The minimum Gasteiger partial charge on any atom is -0.381 e. The lowest BCUT2D eigenvalue weighted by molar-refractivity contribution is -0.122. The number of carbonyl (C=O) groups is 2. The van der Waals surface area contributed by atoms with Crippen LogP contribution in [-0.4, -0.2) is 93.6 Å². The summed E-state index contributed by atoms with van der Waals surface area (Å²) in [5.74, 6) is -2.93. The number of benzene rings is 2. The molecule has 0 radical (unpaired) electrons. The van der Waals surface area contributed by atoms with E-state index >= 15 is 0 Å². The molecule has 1 aromatic heterocycles. The molecule has 12 nitrogen and oxygen atoms in total. The summed E-state index contributed by atoms with van der Waals surface area (Å²) in [6.45, 7) is 5.89. The van der Waals surface area contributed by atoms with Gasteiger partial charge in [0.1, 0.15) is 11.6 Å². The van der Waals surface area contributed by atoms with Crippen LogP contribution in [0.4, 0.5) is 26.0 Å². The van der Waals surface area contributed by atoms with E-state index < -0.39 is 37.9 Å². The first-order valence-electron chi connectivity index (χ1n) is 15.4. The molecule has 2 aliphatic rings. The van der Waals surface area contributed by atoms with Crippen molar-refractivity contribution in [1.82, 2.24) is 19.4 Å². The van der Waals surface area contributed by atoms with Crippen molar-refractivity contribution in [1.29, 1.82) is 0 Å². The Morgan fingerprint density at radius 3 is 2.38 bits per heavy atom. The summed E-state index contributed by atoms with van der Waals surface area (Å²) < 4.78 is 61.5. The van der Waals surface area contributed by atoms with Crippen molar-refractivity contribution in [3.63, 3.8) is 0 Å². The summed E-state index contributed by atoms with van der Waals surface area (Å²) in [5, 5.41) is 13.0. The molecule has 3 heterocycles. The number of likely N-dealkylation sites (N-methyl/N-ethyl adjacent to an activating group) is 2. The van der Waals surface area contributed by atoms with Gasteiger partial charge in [-0.25, -0.2) is 17.2 Å². The van der Waals surface area contributed by atoms with E-state index in [-0.39, 0.29) is 36.3 Å². The minimum absolute atomic E-state index is 0.00122. The molecule has 0 atom stereocenters. The lowest BCUT2D eigenvalue weighted by Gasteiger charge is -2.36. The molecule has 0 aliphatic carbocycles. The second kappa shape index (κ2) is 13.7. The Balaban J connectivity index is 1.44. The van der Waals surface area contributed by atoms with E-state index in [0.29, 0.717) is 55.6 Å². The number of sulfonamides is 1. The number of carbonyl (C=O) groups excluding carboxylic acids is 2. The molecule has 2 aromatic carbocycles. The van der Waals surface area contributed by atoms with Crippen molar-refractivity contribution in [2.24, 2.45) is 5.92 Å². The average molecular weight is 674 g/mol. The largest absolute Gasteiger partial charge is 0.381 e. The van der Waals surface area contributed by atoms with Gasteiger partial charge in [-0.05, 0) is 57.3 Å². The Kier molecular flexibility index (Phi) is 10.0. The topological polar surface area (TPSA) is 140 Å². The predicted molar refractivity (Wildman–Crippen MR) is 174 cm³/mol. The molecular formula is C32H41F2N7O5S. The molecule has 2 aliphatic heterocycles. The van der Waals surface area contributed by atoms with Crippen LogP contribution in [-0.2, 0) is 31.5 Å². The highest BCUT2D eigenvalue weighted by atomic mass is 32.2. The highest BCUT2D eigenvalue weighted by Gasteiger charge is 2.41. The maximum atomic E-state index is 14.0. The first-order valence-corrected chi connectivity index (χ1v) is 16.8. The number of aromatic amines is 1. The number of fused-ring (bicyclic) bond motifs is 1. The first-order chi connectivity index (χ1) is 22.2. The van der Waals surface area contributed by atoms with Gasteiger partial charge in [-0.2, -0.15) is 9.40 Å². The maximum Gasteiger partial charge on any atom is 0.258 e. The second-order valence-corrected chi connectivity index (χ2v) is 14.9. The molecule has 0 spiro atoms. The van der Waals surface area contributed by atoms with Gasteiger partial charge >= 0.3 is 0 Å². The molecule has 47 heavy (non-hydrogen) atoms. The normalized spacial score (nSPS) is 16.9. The lowest BCUT2D eigenvalue weighted by Crippen LogP contribution is -2.45. The van der Waals surface area contributed by atoms with Gasteiger partial charge in [0.05, 0.1) is 16.1 Å². The van der Waals surface area contributed by atoms with Crippen LogP contribution in [0, 0.1) is 17.6 Å². The number of nitrogens with one attached hydrogen (secondary N) is 3. The smallest absolute Gasteiger partial charge is 0.258 e. The molecule has 0 bridgehead atoms. The summed E-state index contributed by atoms with van der Waals surface area (Å²) in [6, 6.07) is 7.35. The number of amides is 2. The summed E-state index contributed by atoms with van der Waals surface area (Å²) in [4.78, 5) is 30.7. The third-order valence-corrected chi connectivity index (χ3v) is 10.3. The number of aromatic nitrogens is 2. The van der Waals surface area contributed by atoms with Crippen molar-refractivity contribution >= 4 is 39.0 Å². The van der Waals surface area contributed by atoms with Gasteiger partial charge in [0, 0.05) is 80.8 Å². The standard InChI is InChI=1S/C32H41F2N7O5S/c1-32(2)19-41(47(44,45)24-15-21(33)14-22(34)16-24)18-26-28(32)37-38-29(26)36-31(43)25-7-6-23(40(5)11-10-39(3)4)17-27(25)35-30(42)20-8-12-46-13-9-20/h6-7,14-17,20H,8-13,18-19H2,1-5H3,(H,35,42)(H2,36,37,38,43). The highest BCUT2D eigenvalue weighted by molar-refractivity contribution is 7.89. The van der Waals surface area contributed by atoms with Crippen LogP contribution in [0.1, 0.15) is 48.3 Å². The summed E-state index contributed by atoms with van der Waals surface area (Å²) in [7, 11) is 1.57. The van der Waals surface area contributed by atoms with Crippen LogP contribution >= 0.6 is 0 Å². The van der Waals surface area contributed by atoms with Gasteiger partial charge in [0.2, 0.25) is 15.9 Å². The molecule has 15 heteroatoms. The molecule has 2 amide bonds. The van der Waals surface area contributed by atoms with E-state index in [9.17, 15) is 26.8 Å². The molecule has 254 valence electrons. The minimum atomic E-state index is -4.32. The molecular weight excluding hydrogens is 632 g/mol. The number of halogens is 2. The maximum absolute atomic E-state index is 14.0. The van der Waals surface area contributed by atoms with Gasteiger partial charge in [-0.1, -0.05) is 13.8 Å². The van der Waals surface area contributed by atoms with Gasteiger partial charge in [-0.3, -0.25) is 14.7 Å². The van der Waals surface area contributed by atoms with Crippen molar-refractivity contribution in [3.05, 3.63) is 64.9 Å². The molecule has 1 saturated heterocycles. The Bertz CT molecular complexity index is 1740. The van der Waals surface area contributed by atoms with Crippen LogP contribution in [0.2, 0.25) is 0 Å². The van der Waals surface area contributed by atoms with Crippen molar-refractivity contribution < 1.29 is 31.5 Å². The Morgan fingerprint density at radius 2 is 1.72 bits per heavy atom. The predicted octanol–water partition coefficient (Wildman–Crippen LogP) is 3.79. The molecule has 0 unspecified atom stereocenters. The molecule has 3 aromatic rings. The van der Waals surface area contributed by atoms with Gasteiger partial charge in [0.15, 0.2) is 5.82 Å². The van der Waals surface area contributed by atoms with Gasteiger partial charge < -0.3 is 25.2 Å².